The average Bonchev–Trinajstić information content (AvgIpc) is 2.27. The maximum atomic E-state index is 9.87. The molecule has 0 saturated heterocycles. The Kier molecular flexibility index (Phi) is 8.50. The predicted octanol–water partition coefficient (Wildman–Crippen LogP) is 1.02. The minimum absolute atomic E-state index is 0.312. The Bertz CT molecular complexity index is 327. The number of nitrogens with zero attached hydrogens (tertiary/aromatic N) is 1. The monoisotopic (exact) mass is 238 g/mol. The first-order valence-electron chi connectivity index (χ1n) is 5.36. The van der Waals surface area contributed by atoms with Gasteiger partial charge >= 0.3 is 5.97 Å². The largest absolute Gasteiger partial charge is 0.481 e. The van der Waals surface area contributed by atoms with Crippen LogP contribution in [0.15, 0.2) is 24.5 Å². The fraction of sp³-hybridized carbons (Fsp3) is 0.417. The third kappa shape index (κ3) is 10.5. The Hall–Kier alpha value is -1.75. The highest BCUT2D eigenvalue weighted by atomic mass is 16.4. The summed E-state index contributed by atoms with van der Waals surface area (Å²) in [6.45, 7) is 2.00. The molecule has 0 unspecified atom stereocenters. The molecule has 5 nitrogen and oxygen atoms in total. The van der Waals surface area contributed by atoms with E-state index in [4.69, 9.17) is 10.8 Å². The number of Topliss-reactive ketones (excluding diaryl/α,β-unsaturated/α-hetero) is 1. The molecule has 0 amide bonds. The first kappa shape index (κ1) is 15.2. The summed E-state index contributed by atoms with van der Waals surface area (Å²) in [4.78, 5) is 23.5. The summed E-state index contributed by atoms with van der Waals surface area (Å²) in [6, 6.07) is 4.02. The van der Waals surface area contributed by atoms with Gasteiger partial charge in [0.2, 0.25) is 0 Å². The van der Waals surface area contributed by atoms with Crippen LogP contribution < -0.4 is 5.73 Å². The van der Waals surface area contributed by atoms with Crippen molar-refractivity contribution >= 4 is 11.8 Å². The first-order valence-corrected chi connectivity index (χ1v) is 5.36. The molecule has 17 heavy (non-hydrogen) atoms. The van der Waals surface area contributed by atoms with Crippen LogP contribution in [0, 0.1) is 0 Å². The van der Waals surface area contributed by atoms with Gasteiger partial charge in [0.1, 0.15) is 12.2 Å². The molecular weight excluding hydrogens is 220 g/mol. The van der Waals surface area contributed by atoms with Crippen molar-refractivity contribution < 1.29 is 14.7 Å². The summed E-state index contributed by atoms with van der Waals surface area (Å²) in [7, 11) is 0. The van der Waals surface area contributed by atoms with Gasteiger partial charge in [-0.15, -0.1) is 0 Å². The lowest BCUT2D eigenvalue weighted by molar-refractivity contribution is -0.139. The van der Waals surface area contributed by atoms with Gasteiger partial charge in [0.15, 0.2) is 0 Å². The smallest absolute Gasteiger partial charge is 0.310 e. The standard InChI is InChI=1S/C8H12N2.C4H6O3/c9-5-1-3-8-4-2-6-10-7-8;1-3(5)2-4(6)7/h2,4,6-7H,1,3,5,9H2;2H2,1H3,(H,6,7). The van der Waals surface area contributed by atoms with Gasteiger partial charge in [-0.3, -0.25) is 14.6 Å². The number of pyridine rings is 1. The quantitative estimate of drug-likeness (QED) is 0.747. The van der Waals surface area contributed by atoms with E-state index in [1.165, 1.54) is 12.5 Å². The number of ketones is 1. The number of aromatic nitrogens is 1. The number of carbonyl (C=O) groups excluding carboxylic acids is 1. The van der Waals surface area contributed by atoms with Crippen molar-refractivity contribution in [2.24, 2.45) is 5.73 Å². The molecule has 0 radical (unpaired) electrons. The SMILES string of the molecule is CC(=O)CC(=O)O.NCCCc1cccnc1. The van der Waals surface area contributed by atoms with Gasteiger partial charge in [-0.05, 0) is 37.9 Å². The van der Waals surface area contributed by atoms with Crippen molar-refractivity contribution in [2.45, 2.75) is 26.2 Å². The molecule has 0 spiro atoms. The molecule has 1 heterocycles. The van der Waals surface area contributed by atoms with Crippen LogP contribution in [0.4, 0.5) is 0 Å². The molecule has 0 fully saturated rings. The molecule has 0 bridgehead atoms. The third-order valence-corrected chi connectivity index (χ3v) is 1.79. The number of aryl methyl sites for hydroxylation is 1. The van der Waals surface area contributed by atoms with Crippen LogP contribution >= 0.6 is 0 Å². The van der Waals surface area contributed by atoms with Crippen molar-refractivity contribution in [3.63, 3.8) is 0 Å². The maximum Gasteiger partial charge on any atom is 0.310 e. The minimum atomic E-state index is -1.06. The van der Waals surface area contributed by atoms with E-state index in [1.54, 1.807) is 6.20 Å². The molecule has 1 aromatic rings. The van der Waals surface area contributed by atoms with Gasteiger partial charge in [0.25, 0.3) is 0 Å². The highest BCUT2D eigenvalue weighted by Crippen LogP contribution is 1.98. The van der Waals surface area contributed by atoms with Gasteiger partial charge in [-0.2, -0.15) is 0 Å². The van der Waals surface area contributed by atoms with E-state index in [0.29, 0.717) is 0 Å². The number of carboxylic acid groups (broad SMARTS) is 1. The molecule has 5 heteroatoms. The molecule has 3 N–H and O–H groups in total. The summed E-state index contributed by atoms with van der Waals surface area (Å²) < 4.78 is 0. The van der Waals surface area contributed by atoms with Crippen molar-refractivity contribution in [3.05, 3.63) is 30.1 Å². The highest BCUT2D eigenvalue weighted by Gasteiger charge is 1.98. The predicted molar refractivity (Wildman–Crippen MR) is 64.5 cm³/mol. The Morgan fingerprint density at radius 3 is 2.53 bits per heavy atom. The van der Waals surface area contributed by atoms with Gasteiger partial charge in [0.05, 0.1) is 0 Å². The van der Waals surface area contributed by atoms with Crippen LogP contribution in [0.25, 0.3) is 0 Å². The lowest BCUT2D eigenvalue weighted by atomic mass is 10.2. The number of hydrogen-bond acceptors (Lipinski definition) is 4. The molecule has 94 valence electrons. The summed E-state index contributed by atoms with van der Waals surface area (Å²) in [5, 5.41) is 7.86. The van der Waals surface area contributed by atoms with Crippen LogP contribution in [0.5, 0.6) is 0 Å². The Labute approximate surface area is 101 Å². The fourth-order valence-electron chi connectivity index (χ4n) is 1.07. The van der Waals surface area contributed by atoms with Crippen molar-refractivity contribution in [2.75, 3.05) is 6.54 Å². The summed E-state index contributed by atoms with van der Waals surface area (Å²) in [6.07, 6.45) is 5.40. The second-order valence-corrected chi connectivity index (χ2v) is 3.53. The second kappa shape index (κ2) is 9.47. The second-order valence-electron chi connectivity index (χ2n) is 3.53. The molecule has 1 aromatic heterocycles. The van der Waals surface area contributed by atoms with E-state index < -0.39 is 5.97 Å². The molecular formula is C12H18N2O3. The molecule has 0 aliphatic carbocycles. The summed E-state index contributed by atoms with van der Waals surface area (Å²) in [5.74, 6) is -1.37. The average molecular weight is 238 g/mol. The summed E-state index contributed by atoms with van der Waals surface area (Å²) in [5.41, 5.74) is 6.63. The minimum Gasteiger partial charge on any atom is -0.481 e. The van der Waals surface area contributed by atoms with Crippen LogP contribution in [-0.4, -0.2) is 28.4 Å². The van der Waals surface area contributed by atoms with Gasteiger partial charge < -0.3 is 10.8 Å². The van der Waals surface area contributed by atoms with E-state index in [9.17, 15) is 9.59 Å². The molecule has 0 aliphatic rings. The Balaban J connectivity index is 0.000000325. The maximum absolute atomic E-state index is 9.87. The van der Waals surface area contributed by atoms with E-state index >= 15 is 0 Å². The highest BCUT2D eigenvalue weighted by molar-refractivity contribution is 5.93. The van der Waals surface area contributed by atoms with Crippen molar-refractivity contribution in [1.29, 1.82) is 0 Å². The lowest BCUT2D eigenvalue weighted by Crippen LogP contribution is -2.00. The number of carboxylic acids is 1. The van der Waals surface area contributed by atoms with Gasteiger partial charge in [0, 0.05) is 12.4 Å². The number of aliphatic carboxylic acids is 1. The van der Waals surface area contributed by atoms with E-state index in [0.717, 1.165) is 19.4 Å². The van der Waals surface area contributed by atoms with E-state index in [-0.39, 0.29) is 12.2 Å². The van der Waals surface area contributed by atoms with Gasteiger partial charge in [-0.25, -0.2) is 0 Å². The zero-order chi connectivity index (χ0) is 13.1. The Morgan fingerprint density at radius 1 is 1.47 bits per heavy atom. The first-order chi connectivity index (χ1) is 8.06. The zero-order valence-corrected chi connectivity index (χ0v) is 9.93. The lowest BCUT2D eigenvalue weighted by Gasteiger charge is -1.95. The number of nitrogens with two attached hydrogens (primary N) is 1. The summed E-state index contributed by atoms with van der Waals surface area (Å²) >= 11 is 0. The van der Waals surface area contributed by atoms with Crippen LogP contribution in [0.1, 0.15) is 25.3 Å². The van der Waals surface area contributed by atoms with Crippen LogP contribution in [-0.2, 0) is 16.0 Å². The normalized spacial score (nSPS) is 9.06. The number of carbonyl (C=O) groups is 2. The Morgan fingerprint density at radius 2 is 2.18 bits per heavy atom. The van der Waals surface area contributed by atoms with Crippen molar-refractivity contribution in [1.82, 2.24) is 4.98 Å². The molecule has 1 rings (SSSR count). The molecule has 0 aromatic carbocycles. The van der Waals surface area contributed by atoms with Crippen molar-refractivity contribution in [3.8, 4) is 0 Å². The molecule has 0 saturated carbocycles. The van der Waals surface area contributed by atoms with E-state index in [1.807, 2.05) is 12.3 Å². The van der Waals surface area contributed by atoms with Gasteiger partial charge in [-0.1, -0.05) is 6.07 Å². The third-order valence-electron chi connectivity index (χ3n) is 1.79. The fourth-order valence-corrected chi connectivity index (χ4v) is 1.07. The van der Waals surface area contributed by atoms with Crippen LogP contribution in [0.3, 0.4) is 0 Å². The topological polar surface area (TPSA) is 93.3 Å². The van der Waals surface area contributed by atoms with E-state index in [2.05, 4.69) is 11.1 Å². The zero-order valence-electron chi connectivity index (χ0n) is 9.93. The molecule has 0 aliphatic heterocycles. The number of rotatable bonds is 5. The van der Waals surface area contributed by atoms with Crippen LogP contribution in [0.2, 0.25) is 0 Å². The molecule has 0 atom stereocenters. The number of hydrogen-bond donors (Lipinski definition) is 2.